The summed E-state index contributed by atoms with van der Waals surface area (Å²) in [7, 11) is 0. The van der Waals surface area contributed by atoms with Crippen molar-refractivity contribution in [1.82, 2.24) is 10.3 Å². The van der Waals surface area contributed by atoms with Crippen LogP contribution in [0.25, 0.3) is 0 Å². The van der Waals surface area contributed by atoms with Gasteiger partial charge in [-0.15, -0.1) is 11.3 Å². The number of thiazole rings is 1. The van der Waals surface area contributed by atoms with Crippen molar-refractivity contribution in [3.8, 4) is 0 Å². The molecule has 104 valence electrons. The topological polar surface area (TPSA) is 68.0 Å². The summed E-state index contributed by atoms with van der Waals surface area (Å²) in [5.74, 6) is 2.46. The second kappa shape index (κ2) is 5.59. The van der Waals surface area contributed by atoms with E-state index in [1.165, 1.54) is 37.0 Å². The van der Waals surface area contributed by atoms with E-state index in [1.807, 2.05) is 5.38 Å². The van der Waals surface area contributed by atoms with Gasteiger partial charge in [0.15, 0.2) is 0 Å². The first-order chi connectivity index (χ1) is 9.26. The number of nitrogens with zero attached hydrogens (tertiary/aromatic N) is 1. The van der Waals surface area contributed by atoms with Crippen LogP contribution in [0.1, 0.15) is 41.2 Å². The molecule has 1 amide bonds. The molecule has 3 unspecified atom stereocenters. The highest BCUT2D eigenvalue weighted by atomic mass is 32.1. The van der Waals surface area contributed by atoms with E-state index in [1.54, 1.807) is 0 Å². The maximum atomic E-state index is 12.0. The van der Waals surface area contributed by atoms with Crippen LogP contribution in [0.4, 0.5) is 0 Å². The molecule has 0 aromatic carbocycles. The molecule has 2 fully saturated rings. The lowest BCUT2D eigenvalue weighted by molar-refractivity contribution is 0.0937. The van der Waals surface area contributed by atoms with Gasteiger partial charge in [-0.05, 0) is 43.6 Å². The summed E-state index contributed by atoms with van der Waals surface area (Å²) in [5.41, 5.74) is 6.04. The Morgan fingerprint density at radius 1 is 1.47 bits per heavy atom. The van der Waals surface area contributed by atoms with Gasteiger partial charge in [0.25, 0.3) is 5.91 Å². The van der Waals surface area contributed by atoms with E-state index in [-0.39, 0.29) is 5.91 Å². The van der Waals surface area contributed by atoms with E-state index >= 15 is 0 Å². The molecule has 2 saturated carbocycles. The molecule has 2 aliphatic carbocycles. The van der Waals surface area contributed by atoms with Gasteiger partial charge in [0.1, 0.15) is 5.69 Å². The van der Waals surface area contributed by atoms with Crippen LogP contribution in [0.3, 0.4) is 0 Å². The first-order valence-electron chi connectivity index (χ1n) is 7.19. The molecule has 3 rings (SSSR count). The van der Waals surface area contributed by atoms with Gasteiger partial charge in [-0.25, -0.2) is 4.98 Å². The summed E-state index contributed by atoms with van der Waals surface area (Å²) in [6.45, 7) is 1.41. The third kappa shape index (κ3) is 2.82. The number of carbonyl (C=O) groups is 1. The third-order valence-electron chi connectivity index (χ3n) is 4.55. The van der Waals surface area contributed by atoms with E-state index in [2.05, 4.69) is 10.3 Å². The van der Waals surface area contributed by atoms with Gasteiger partial charge >= 0.3 is 0 Å². The fourth-order valence-corrected chi connectivity index (χ4v) is 4.39. The molecule has 4 nitrogen and oxygen atoms in total. The predicted octanol–water partition coefficient (Wildman–Crippen LogP) is 1.81. The largest absolute Gasteiger partial charge is 0.350 e. The lowest BCUT2D eigenvalue weighted by Gasteiger charge is -2.21. The number of carbonyl (C=O) groups excluding carboxylic acids is 1. The highest BCUT2D eigenvalue weighted by molar-refractivity contribution is 7.09. The third-order valence-corrected chi connectivity index (χ3v) is 5.46. The Labute approximate surface area is 117 Å². The number of hydrogen-bond donors (Lipinski definition) is 2. The maximum Gasteiger partial charge on any atom is 0.270 e. The van der Waals surface area contributed by atoms with Gasteiger partial charge < -0.3 is 11.1 Å². The van der Waals surface area contributed by atoms with Gasteiger partial charge in [-0.2, -0.15) is 0 Å². The molecule has 2 aliphatic rings. The maximum absolute atomic E-state index is 12.0. The van der Waals surface area contributed by atoms with Crippen molar-refractivity contribution in [2.75, 3.05) is 13.1 Å². The van der Waals surface area contributed by atoms with Crippen molar-refractivity contribution in [2.45, 2.75) is 32.1 Å². The zero-order valence-electron chi connectivity index (χ0n) is 11.1. The molecule has 0 saturated heterocycles. The van der Waals surface area contributed by atoms with E-state index < -0.39 is 0 Å². The van der Waals surface area contributed by atoms with Crippen molar-refractivity contribution in [2.24, 2.45) is 23.5 Å². The average Bonchev–Trinajstić information content (AvgIpc) is 3.12. The number of nitrogens with two attached hydrogens (primary N) is 1. The Hall–Kier alpha value is -0.940. The normalized spacial score (nSPS) is 28.8. The highest BCUT2D eigenvalue weighted by Crippen LogP contribution is 2.47. The van der Waals surface area contributed by atoms with Crippen molar-refractivity contribution in [3.63, 3.8) is 0 Å². The number of hydrogen-bond acceptors (Lipinski definition) is 4. The molecule has 2 bridgehead atoms. The highest BCUT2D eigenvalue weighted by Gasteiger charge is 2.39. The number of nitrogens with one attached hydrogen (secondary N) is 1. The van der Waals surface area contributed by atoms with Gasteiger partial charge in [0.05, 0.1) is 5.01 Å². The summed E-state index contributed by atoms with van der Waals surface area (Å²) in [6, 6.07) is 0. The Morgan fingerprint density at radius 3 is 3.05 bits per heavy atom. The summed E-state index contributed by atoms with van der Waals surface area (Å²) < 4.78 is 0. The summed E-state index contributed by atoms with van der Waals surface area (Å²) in [4.78, 5) is 16.3. The van der Waals surface area contributed by atoms with Crippen LogP contribution in [0.5, 0.6) is 0 Å². The van der Waals surface area contributed by atoms with Gasteiger partial charge in [-0.1, -0.05) is 6.42 Å². The van der Waals surface area contributed by atoms with Crippen molar-refractivity contribution < 1.29 is 4.79 Å². The molecule has 3 N–H and O–H groups in total. The zero-order valence-corrected chi connectivity index (χ0v) is 11.9. The summed E-state index contributed by atoms with van der Waals surface area (Å²) >= 11 is 1.52. The smallest absolute Gasteiger partial charge is 0.270 e. The summed E-state index contributed by atoms with van der Waals surface area (Å²) in [5, 5.41) is 5.84. The average molecular weight is 279 g/mol. The first kappa shape index (κ1) is 13.1. The zero-order chi connectivity index (χ0) is 13.2. The second-order valence-electron chi connectivity index (χ2n) is 5.81. The molecule has 19 heavy (non-hydrogen) atoms. The molecular formula is C14H21N3OS. The number of rotatable bonds is 5. The van der Waals surface area contributed by atoms with Crippen LogP contribution in [-0.4, -0.2) is 24.0 Å². The molecule has 1 aromatic heterocycles. The van der Waals surface area contributed by atoms with Crippen LogP contribution in [0.15, 0.2) is 5.38 Å². The predicted molar refractivity (Wildman–Crippen MR) is 76.1 cm³/mol. The van der Waals surface area contributed by atoms with E-state index in [9.17, 15) is 4.79 Å². The molecule has 0 radical (unpaired) electrons. The molecule has 3 atom stereocenters. The molecule has 1 aromatic rings. The minimum absolute atomic E-state index is 0.0257. The number of amides is 1. The van der Waals surface area contributed by atoms with Gasteiger partial charge in [0.2, 0.25) is 0 Å². The minimum atomic E-state index is -0.0257. The fraction of sp³-hybridized carbons (Fsp3) is 0.714. The Bertz CT molecular complexity index is 459. The van der Waals surface area contributed by atoms with Crippen molar-refractivity contribution in [3.05, 3.63) is 16.1 Å². The molecular weight excluding hydrogens is 258 g/mol. The van der Waals surface area contributed by atoms with Crippen LogP contribution >= 0.6 is 11.3 Å². The lowest BCUT2D eigenvalue weighted by Crippen LogP contribution is -2.31. The molecule has 5 heteroatoms. The van der Waals surface area contributed by atoms with Crippen LogP contribution in [0.2, 0.25) is 0 Å². The van der Waals surface area contributed by atoms with Crippen LogP contribution in [-0.2, 0) is 6.42 Å². The van der Waals surface area contributed by atoms with E-state index in [4.69, 9.17) is 5.73 Å². The van der Waals surface area contributed by atoms with Crippen LogP contribution < -0.4 is 11.1 Å². The number of fused-ring (bicyclic) bond motifs is 2. The standard InChI is InChI=1S/C14H21N3OS/c15-4-3-13-17-12(8-19-13)14(18)16-7-11-6-9-1-2-10(11)5-9/h8-11H,1-7,15H2,(H,16,18). The summed E-state index contributed by atoms with van der Waals surface area (Å²) in [6.07, 6.45) is 6.22. The number of aromatic nitrogens is 1. The first-order valence-corrected chi connectivity index (χ1v) is 8.07. The fourth-order valence-electron chi connectivity index (χ4n) is 3.59. The van der Waals surface area contributed by atoms with Gasteiger partial charge in [-0.3, -0.25) is 4.79 Å². The minimum Gasteiger partial charge on any atom is -0.350 e. The van der Waals surface area contributed by atoms with Crippen molar-refractivity contribution >= 4 is 17.2 Å². The Kier molecular flexibility index (Phi) is 3.84. The van der Waals surface area contributed by atoms with Crippen LogP contribution in [0, 0.1) is 17.8 Å². The molecule has 1 heterocycles. The lowest BCUT2D eigenvalue weighted by atomic mass is 9.89. The second-order valence-corrected chi connectivity index (χ2v) is 6.75. The van der Waals surface area contributed by atoms with Gasteiger partial charge in [0, 0.05) is 18.3 Å². The monoisotopic (exact) mass is 279 g/mol. The Morgan fingerprint density at radius 2 is 2.37 bits per heavy atom. The molecule has 0 aliphatic heterocycles. The van der Waals surface area contributed by atoms with Crippen molar-refractivity contribution in [1.29, 1.82) is 0 Å². The van der Waals surface area contributed by atoms with E-state index in [0.717, 1.165) is 29.8 Å². The SMILES string of the molecule is NCCc1nc(C(=O)NCC2CC3CCC2C3)cs1. The molecule has 0 spiro atoms. The van der Waals surface area contributed by atoms with E-state index in [0.29, 0.717) is 18.2 Å². The Balaban J connectivity index is 1.50. The quantitative estimate of drug-likeness (QED) is 0.863.